The highest BCUT2D eigenvalue weighted by atomic mass is 16.3. The summed E-state index contributed by atoms with van der Waals surface area (Å²) in [6.07, 6.45) is 8.86. The summed E-state index contributed by atoms with van der Waals surface area (Å²) < 4.78 is 6.57. The van der Waals surface area contributed by atoms with Gasteiger partial charge in [0.1, 0.15) is 5.52 Å². The molecule has 0 spiro atoms. The highest BCUT2D eigenvalue weighted by Gasteiger charge is 2.16. The molecule has 1 aromatic heterocycles. The van der Waals surface area contributed by atoms with Gasteiger partial charge in [-0.1, -0.05) is 153 Å². The van der Waals surface area contributed by atoms with Gasteiger partial charge in [-0.05, 0) is 111 Å². The van der Waals surface area contributed by atoms with Crippen molar-refractivity contribution in [3.05, 3.63) is 181 Å². The van der Waals surface area contributed by atoms with Gasteiger partial charge in [-0.3, -0.25) is 4.99 Å². The van der Waals surface area contributed by atoms with E-state index in [0.29, 0.717) is 5.89 Å². The fourth-order valence-corrected chi connectivity index (χ4v) is 7.28. The van der Waals surface area contributed by atoms with Crippen LogP contribution in [0, 0.1) is 0 Å². The molecule has 7 aromatic carbocycles. The SMILES string of the molecule is CC=N/C=C(CC)/C(C)=C/C=C(\C)c1nc2c(-c3ccc(-c4cccc5ccccc45)cc3)cc(-c3ccc(-c4cccc5ccccc45)cc3)cc2o1. The summed E-state index contributed by atoms with van der Waals surface area (Å²) in [7, 11) is 0. The van der Waals surface area contributed by atoms with Crippen LogP contribution in [0.1, 0.15) is 40.0 Å². The highest BCUT2D eigenvalue weighted by molar-refractivity contribution is 6.00. The molecule has 8 rings (SSSR count). The maximum atomic E-state index is 6.57. The average Bonchev–Trinajstić information content (AvgIpc) is 3.67. The van der Waals surface area contributed by atoms with Gasteiger partial charge < -0.3 is 4.42 Å². The molecule has 8 aromatic rings. The van der Waals surface area contributed by atoms with Crippen LogP contribution < -0.4 is 0 Å². The molecule has 0 N–H and O–H groups in total. The maximum absolute atomic E-state index is 6.57. The molecule has 0 bridgehead atoms. The Labute approximate surface area is 317 Å². The Morgan fingerprint density at radius 1 is 0.593 bits per heavy atom. The van der Waals surface area contributed by atoms with E-state index in [4.69, 9.17) is 9.40 Å². The van der Waals surface area contributed by atoms with E-state index >= 15 is 0 Å². The lowest BCUT2D eigenvalue weighted by atomic mass is 9.93. The van der Waals surface area contributed by atoms with E-state index in [1.165, 1.54) is 54.9 Å². The Bertz CT molecular complexity index is 2750. The zero-order chi connectivity index (χ0) is 37.0. The summed E-state index contributed by atoms with van der Waals surface area (Å²) in [6, 6.07) is 52.2. The first kappa shape index (κ1) is 34.5. The van der Waals surface area contributed by atoms with E-state index in [-0.39, 0.29) is 0 Å². The van der Waals surface area contributed by atoms with Crippen LogP contribution >= 0.6 is 0 Å². The Hall–Kier alpha value is -6.58. The molecule has 3 heteroatoms. The molecule has 3 nitrogen and oxygen atoms in total. The summed E-state index contributed by atoms with van der Waals surface area (Å²) in [5, 5.41) is 4.98. The van der Waals surface area contributed by atoms with Crippen LogP contribution in [0.3, 0.4) is 0 Å². The predicted molar refractivity (Wildman–Crippen MR) is 231 cm³/mol. The number of aliphatic imine (C=N–C) groups is 1. The molecule has 0 saturated heterocycles. The first-order valence-corrected chi connectivity index (χ1v) is 18.6. The predicted octanol–water partition coefficient (Wildman–Crippen LogP) is 14.5. The van der Waals surface area contributed by atoms with Crippen molar-refractivity contribution in [2.75, 3.05) is 0 Å². The Morgan fingerprint density at radius 3 is 1.70 bits per heavy atom. The second-order valence-corrected chi connectivity index (χ2v) is 13.7. The quantitative estimate of drug-likeness (QED) is 0.111. The molecule has 0 aliphatic carbocycles. The van der Waals surface area contributed by atoms with Crippen LogP contribution in [-0.2, 0) is 0 Å². The van der Waals surface area contributed by atoms with Crippen LogP contribution in [-0.4, -0.2) is 11.2 Å². The highest BCUT2D eigenvalue weighted by Crippen LogP contribution is 2.38. The first-order chi connectivity index (χ1) is 26.5. The molecule has 0 saturated carbocycles. The van der Waals surface area contributed by atoms with Crippen molar-refractivity contribution in [3.63, 3.8) is 0 Å². The standard InChI is InChI=1S/C51H42N2O/c1-5-36(33-52-6-2)34(3)21-22-35(4)51-53-50-48(42-29-27-41(28-30-42)47-20-12-16-39-14-8-10-18-45(39)47)31-43(32-49(50)54-51)37-23-25-40(26-24-37)46-19-11-15-38-13-7-9-17-44(38)46/h6-33H,5H2,1-4H3/b34-21+,35-22+,36-33+,52-6?. The van der Waals surface area contributed by atoms with E-state index in [1.54, 1.807) is 0 Å². The van der Waals surface area contributed by atoms with E-state index in [0.717, 1.165) is 45.3 Å². The number of hydrogen-bond donors (Lipinski definition) is 0. The summed E-state index contributed by atoms with van der Waals surface area (Å²) in [4.78, 5) is 9.46. The topological polar surface area (TPSA) is 38.4 Å². The number of rotatable bonds is 9. The normalized spacial score (nSPS) is 12.8. The number of oxazole rings is 1. The van der Waals surface area contributed by atoms with Crippen LogP contribution in [0.15, 0.2) is 185 Å². The third-order valence-electron chi connectivity index (χ3n) is 10.3. The smallest absolute Gasteiger partial charge is 0.222 e. The molecule has 262 valence electrons. The molecule has 0 unspecified atom stereocenters. The number of aromatic nitrogens is 1. The lowest BCUT2D eigenvalue weighted by molar-refractivity contribution is 0.584. The average molecular weight is 699 g/mol. The van der Waals surface area contributed by atoms with E-state index in [9.17, 15) is 0 Å². The Balaban J connectivity index is 1.21. The number of hydrogen-bond acceptors (Lipinski definition) is 3. The van der Waals surface area contributed by atoms with E-state index < -0.39 is 0 Å². The van der Waals surface area contributed by atoms with Crippen molar-refractivity contribution in [1.82, 2.24) is 4.98 Å². The summed E-state index contributed by atoms with van der Waals surface area (Å²) in [5.74, 6) is 0.611. The lowest BCUT2D eigenvalue weighted by Gasteiger charge is -2.11. The molecule has 1 heterocycles. The van der Waals surface area contributed by atoms with Crippen molar-refractivity contribution in [2.45, 2.75) is 34.1 Å². The molecule has 54 heavy (non-hydrogen) atoms. The van der Waals surface area contributed by atoms with Gasteiger partial charge in [0, 0.05) is 23.6 Å². The van der Waals surface area contributed by atoms with Gasteiger partial charge in [0.2, 0.25) is 5.89 Å². The van der Waals surface area contributed by atoms with Crippen molar-refractivity contribution in [3.8, 4) is 44.5 Å². The molecular formula is C51H42N2O. The van der Waals surface area contributed by atoms with Crippen LogP contribution in [0.2, 0.25) is 0 Å². The lowest BCUT2D eigenvalue weighted by Crippen LogP contribution is -1.87. The van der Waals surface area contributed by atoms with E-state index in [2.05, 4.69) is 184 Å². The minimum absolute atomic E-state index is 0.611. The Kier molecular flexibility index (Phi) is 9.70. The van der Waals surface area contributed by atoms with E-state index in [1.807, 2.05) is 19.3 Å². The van der Waals surface area contributed by atoms with Crippen molar-refractivity contribution in [1.29, 1.82) is 0 Å². The number of nitrogens with zero attached hydrogens (tertiary/aromatic N) is 2. The zero-order valence-electron chi connectivity index (χ0n) is 31.2. The third-order valence-corrected chi connectivity index (χ3v) is 10.3. The van der Waals surface area contributed by atoms with Gasteiger partial charge in [-0.15, -0.1) is 0 Å². The molecule has 0 amide bonds. The monoisotopic (exact) mass is 698 g/mol. The summed E-state index contributed by atoms with van der Waals surface area (Å²) in [5.41, 5.74) is 14.1. The third kappa shape index (κ3) is 6.85. The summed E-state index contributed by atoms with van der Waals surface area (Å²) >= 11 is 0. The van der Waals surface area contributed by atoms with Gasteiger partial charge >= 0.3 is 0 Å². The minimum Gasteiger partial charge on any atom is -0.436 e. The largest absolute Gasteiger partial charge is 0.436 e. The zero-order valence-corrected chi connectivity index (χ0v) is 31.2. The molecule has 0 aliphatic rings. The summed E-state index contributed by atoms with van der Waals surface area (Å²) in [6.45, 7) is 8.25. The van der Waals surface area contributed by atoms with Crippen molar-refractivity contribution < 1.29 is 4.42 Å². The van der Waals surface area contributed by atoms with Crippen LogP contribution in [0.5, 0.6) is 0 Å². The number of allylic oxidation sites excluding steroid dienone is 5. The molecule has 0 aliphatic heterocycles. The Morgan fingerprint density at radius 2 is 1.13 bits per heavy atom. The number of benzene rings is 7. The molecular weight excluding hydrogens is 657 g/mol. The second kappa shape index (κ2) is 15.2. The molecule has 0 atom stereocenters. The number of fused-ring (bicyclic) bond motifs is 3. The van der Waals surface area contributed by atoms with Gasteiger partial charge in [0.05, 0.1) is 0 Å². The second-order valence-electron chi connectivity index (χ2n) is 13.7. The molecule has 0 radical (unpaired) electrons. The molecule has 0 fully saturated rings. The maximum Gasteiger partial charge on any atom is 0.222 e. The van der Waals surface area contributed by atoms with Gasteiger partial charge in [0.25, 0.3) is 0 Å². The minimum atomic E-state index is 0.611. The fourth-order valence-electron chi connectivity index (χ4n) is 7.28. The van der Waals surface area contributed by atoms with Crippen molar-refractivity contribution >= 4 is 44.4 Å². The fraction of sp³-hybridized carbons (Fsp3) is 0.0980. The van der Waals surface area contributed by atoms with Gasteiger partial charge in [-0.2, -0.15) is 0 Å². The van der Waals surface area contributed by atoms with Gasteiger partial charge in [-0.25, -0.2) is 4.98 Å². The van der Waals surface area contributed by atoms with Gasteiger partial charge in [0.15, 0.2) is 5.58 Å². The van der Waals surface area contributed by atoms with Crippen LogP contribution in [0.25, 0.3) is 82.7 Å². The first-order valence-electron chi connectivity index (χ1n) is 18.6. The van der Waals surface area contributed by atoms with Crippen LogP contribution in [0.4, 0.5) is 0 Å². The van der Waals surface area contributed by atoms with Crippen molar-refractivity contribution in [2.24, 2.45) is 4.99 Å².